The summed E-state index contributed by atoms with van der Waals surface area (Å²) in [7, 11) is 0. The molecule has 5 nitrogen and oxygen atoms in total. The fourth-order valence-electron chi connectivity index (χ4n) is 2.45. The summed E-state index contributed by atoms with van der Waals surface area (Å²) in [5.41, 5.74) is 2.49. The number of anilines is 2. The number of nitrogens with one attached hydrogen (secondary N) is 1. The fourth-order valence-corrected chi connectivity index (χ4v) is 2.45. The number of rotatable bonds is 4. The number of hydrogen-bond acceptors (Lipinski definition) is 5. The van der Waals surface area contributed by atoms with Crippen LogP contribution in [0.15, 0.2) is 12.3 Å². The topological polar surface area (TPSA) is 67.1 Å². The highest BCUT2D eigenvalue weighted by Crippen LogP contribution is 2.24. The van der Waals surface area contributed by atoms with Crippen LogP contribution in [-0.4, -0.2) is 23.1 Å². The average Bonchev–Trinajstić information content (AvgIpc) is 2.40. The second kappa shape index (κ2) is 5.82. The van der Waals surface area contributed by atoms with E-state index in [1.165, 1.54) is 25.7 Å². The molecule has 0 bridgehead atoms. The molecule has 0 radical (unpaired) electrons. The summed E-state index contributed by atoms with van der Waals surface area (Å²) in [6, 6.07) is 1.95. The normalized spacial score (nSPS) is 17.2. The number of nitrogen functional groups attached to an aromatic ring is 1. The van der Waals surface area contributed by atoms with Crippen molar-refractivity contribution >= 4 is 11.8 Å². The van der Waals surface area contributed by atoms with Crippen LogP contribution in [0.25, 0.3) is 0 Å². The van der Waals surface area contributed by atoms with E-state index in [9.17, 15) is 0 Å². The Morgan fingerprint density at radius 3 is 2.88 bits per heavy atom. The average molecular weight is 235 g/mol. The highest BCUT2D eigenvalue weighted by Gasteiger charge is 2.19. The van der Waals surface area contributed by atoms with Crippen LogP contribution in [0.1, 0.15) is 32.6 Å². The van der Waals surface area contributed by atoms with E-state index < -0.39 is 0 Å². The van der Waals surface area contributed by atoms with Crippen LogP contribution in [0.5, 0.6) is 0 Å². The smallest absolute Gasteiger partial charge is 0.239 e. The van der Waals surface area contributed by atoms with Gasteiger partial charge in [-0.05, 0) is 24.8 Å². The van der Waals surface area contributed by atoms with Gasteiger partial charge < -0.3 is 4.90 Å². The Balaban J connectivity index is 1.95. The largest absolute Gasteiger partial charge is 0.356 e. The first-order chi connectivity index (χ1) is 8.33. The SMILES string of the molecule is CCCC1CCN(c2ccnc(NN)n2)CC1. The van der Waals surface area contributed by atoms with Gasteiger partial charge in [-0.2, -0.15) is 4.98 Å². The van der Waals surface area contributed by atoms with Crippen molar-refractivity contribution in [2.75, 3.05) is 23.4 Å². The highest BCUT2D eigenvalue weighted by molar-refractivity contribution is 5.42. The number of aromatic nitrogens is 2. The molecule has 1 fully saturated rings. The van der Waals surface area contributed by atoms with Crippen LogP contribution in [0.3, 0.4) is 0 Å². The summed E-state index contributed by atoms with van der Waals surface area (Å²) < 4.78 is 0. The highest BCUT2D eigenvalue weighted by atomic mass is 15.3. The Bertz CT molecular complexity index is 347. The standard InChI is InChI=1S/C12H21N5/c1-2-3-10-5-8-17(9-6-10)11-4-7-14-12(15-11)16-13/h4,7,10H,2-3,5-6,8-9,13H2,1H3,(H,14,15,16). The maximum atomic E-state index is 5.32. The summed E-state index contributed by atoms with van der Waals surface area (Å²) in [5.74, 6) is 7.67. The van der Waals surface area contributed by atoms with E-state index in [1.807, 2.05) is 6.07 Å². The molecule has 17 heavy (non-hydrogen) atoms. The van der Waals surface area contributed by atoms with Gasteiger partial charge in [-0.25, -0.2) is 10.8 Å². The quantitative estimate of drug-likeness (QED) is 0.615. The van der Waals surface area contributed by atoms with Crippen molar-refractivity contribution in [3.63, 3.8) is 0 Å². The first kappa shape index (κ1) is 12.1. The Morgan fingerprint density at radius 2 is 2.24 bits per heavy atom. The Morgan fingerprint density at radius 1 is 1.47 bits per heavy atom. The molecule has 0 aliphatic carbocycles. The maximum absolute atomic E-state index is 5.32. The zero-order valence-electron chi connectivity index (χ0n) is 10.4. The van der Waals surface area contributed by atoms with E-state index >= 15 is 0 Å². The van der Waals surface area contributed by atoms with Crippen LogP contribution < -0.4 is 16.2 Å². The van der Waals surface area contributed by atoms with Gasteiger partial charge in [0.2, 0.25) is 5.95 Å². The second-order valence-electron chi connectivity index (χ2n) is 4.60. The van der Waals surface area contributed by atoms with Gasteiger partial charge in [-0.1, -0.05) is 19.8 Å². The lowest BCUT2D eigenvalue weighted by molar-refractivity contribution is 0.377. The van der Waals surface area contributed by atoms with Crippen LogP contribution in [-0.2, 0) is 0 Å². The van der Waals surface area contributed by atoms with E-state index in [-0.39, 0.29) is 0 Å². The molecule has 2 heterocycles. The molecule has 1 aromatic heterocycles. The third kappa shape index (κ3) is 3.06. The van der Waals surface area contributed by atoms with Crippen LogP contribution in [0.4, 0.5) is 11.8 Å². The van der Waals surface area contributed by atoms with Gasteiger partial charge in [-0.3, -0.25) is 5.43 Å². The molecular weight excluding hydrogens is 214 g/mol. The second-order valence-corrected chi connectivity index (χ2v) is 4.60. The van der Waals surface area contributed by atoms with E-state index in [2.05, 4.69) is 27.2 Å². The van der Waals surface area contributed by atoms with Gasteiger partial charge in [0.25, 0.3) is 0 Å². The molecule has 0 saturated carbocycles. The summed E-state index contributed by atoms with van der Waals surface area (Å²) >= 11 is 0. The van der Waals surface area contributed by atoms with Gasteiger partial charge >= 0.3 is 0 Å². The summed E-state index contributed by atoms with van der Waals surface area (Å²) in [4.78, 5) is 10.7. The maximum Gasteiger partial charge on any atom is 0.239 e. The molecule has 0 aromatic carbocycles. The summed E-state index contributed by atoms with van der Waals surface area (Å²) in [6.45, 7) is 4.44. The lowest BCUT2D eigenvalue weighted by Crippen LogP contribution is -2.34. The summed E-state index contributed by atoms with van der Waals surface area (Å²) in [5, 5.41) is 0. The zero-order valence-corrected chi connectivity index (χ0v) is 10.4. The van der Waals surface area contributed by atoms with Gasteiger partial charge in [0.15, 0.2) is 0 Å². The Labute approximate surface area is 102 Å². The zero-order chi connectivity index (χ0) is 12.1. The molecule has 0 amide bonds. The van der Waals surface area contributed by atoms with Crippen molar-refractivity contribution in [2.24, 2.45) is 11.8 Å². The van der Waals surface area contributed by atoms with Crippen molar-refractivity contribution in [3.8, 4) is 0 Å². The summed E-state index contributed by atoms with van der Waals surface area (Å²) in [6.07, 6.45) is 6.93. The molecular formula is C12H21N5. The lowest BCUT2D eigenvalue weighted by atomic mass is 9.92. The Kier molecular flexibility index (Phi) is 4.14. The predicted octanol–water partition coefficient (Wildman–Crippen LogP) is 1.78. The van der Waals surface area contributed by atoms with Gasteiger partial charge in [-0.15, -0.1) is 0 Å². The third-order valence-electron chi connectivity index (χ3n) is 3.41. The van der Waals surface area contributed by atoms with Crippen molar-refractivity contribution in [1.29, 1.82) is 0 Å². The monoisotopic (exact) mass is 235 g/mol. The van der Waals surface area contributed by atoms with E-state index in [0.29, 0.717) is 5.95 Å². The fraction of sp³-hybridized carbons (Fsp3) is 0.667. The molecule has 5 heteroatoms. The molecule has 0 spiro atoms. The number of piperidine rings is 1. The lowest BCUT2D eigenvalue weighted by Gasteiger charge is -2.32. The predicted molar refractivity (Wildman–Crippen MR) is 69.7 cm³/mol. The van der Waals surface area contributed by atoms with Crippen LogP contribution in [0, 0.1) is 5.92 Å². The van der Waals surface area contributed by atoms with E-state index in [1.54, 1.807) is 6.20 Å². The molecule has 0 atom stereocenters. The molecule has 3 N–H and O–H groups in total. The first-order valence-corrected chi connectivity index (χ1v) is 6.38. The minimum Gasteiger partial charge on any atom is -0.356 e. The number of nitrogens with zero attached hydrogens (tertiary/aromatic N) is 3. The molecule has 1 aromatic rings. The van der Waals surface area contributed by atoms with Crippen molar-refractivity contribution in [2.45, 2.75) is 32.6 Å². The minimum absolute atomic E-state index is 0.484. The van der Waals surface area contributed by atoms with E-state index in [0.717, 1.165) is 24.8 Å². The van der Waals surface area contributed by atoms with Crippen LogP contribution >= 0.6 is 0 Å². The minimum atomic E-state index is 0.484. The van der Waals surface area contributed by atoms with Gasteiger partial charge in [0, 0.05) is 19.3 Å². The van der Waals surface area contributed by atoms with E-state index in [4.69, 9.17) is 5.84 Å². The third-order valence-corrected chi connectivity index (χ3v) is 3.41. The number of hydrogen-bond donors (Lipinski definition) is 2. The number of hydrazine groups is 1. The van der Waals surface area contributed by atoms with Crippen molar-refractivity contribution in [3.05, 3.63) is 12.3 Å². The number of nitrogens with two attached hydrogens (primary N) is 1. The molecule has 0 unspecified atom stereocenters. The molecule has 1 aliphatic heterocycles. The van der Waals surface area contributed by atoms with Crippen LogP contribution in [0.2, 0.25) is 0 Å². The molecule has 2 rings (SSSR count). The van der Waals surface area contributed by atoms with Crippen molar-refractivity contribution < 1.29 is 0 Å². The first-order valence-electron chi connectivity index (χ1n) is 6.38. The van der Waals surface area contributed by atoms with Gasteiger partial charge in [0.1, 0.15) is 5.82 Å². The van der Waals surface area contributed by atoms with Gasteiger partial charge in [0.05, 0.1) is 0 Å². The molecule has 94 valence electrons. The molecule has 1 saturated heterocycles. The van der Waals surface area contributed by atoms with Crippen molar-refractivity contribution in [1.82, 2.24) is 9.97 Å². The Hall–Kier alpha value is -1.36. The molecule has 1 aliphatic rings.